The predicted octanol–water partition coefficient (Wildman–Crippen LogP) is 2.44. The first kappa shape index (κ1) is 11.9. The van der Waals surface area contributed by atoms with Crippen LogP contribution in [-0.4, -0.2) is 13.5 Å². The van der Waals surface area contributed by atoms with Crippen molar-refractivity contribution >= 4 is 0 Å². The van der Waals surface area contributed by atoms with E-state index in [1.807, 2.05) is 6.92 Å². The molecule has 2 N–H and O–H groups in total. The Labute approximate surface area is 88.0 Å². The summed E-state index contributed by atoms with van der Waals surface area (Å²) in [6.45, 7) is 3.15. The maximum atomic E-state index is 12.7. The second-order valence-corrected chi connectivity index (χ2v) is 3.77. The van der Waals surface area contributed by atoms with Crippen LogP contribution in [0.4, 0.5) is 8.78 Å². The maximum Gasteiger partial charge on any atom is 0.260 e. The molecular formula is C11H15F2NO. The Balaban J connectivity index is 3.16. The second kappa shape index (κ2) is 4.14. The normalized spacial score (nSPS) is 15.1. The molecule has 0 bridgehead atoms. The number of hydrogen-bond acceptors (Lipinski definition) is 2. The summed E-state index contributed by atoms with van der Waals surface area (Å²) in [6.07, 6.45) is -2.61. The number of nitrogens with two attached hydrogens (primary N) is 1. The van der Waals surface area contributed by atoms with Gasteiger partial charge < -0.3 is 10.5 Å². The molecule has 0 saturated heterocycles. The lowest BCUT2D eigenvalue weighted by molar-refractivity contribution is 0.0624. The van der Waals surface area contributed by atoms with Crippen LogP contribution >= 0.6 is 0 Å². The minimum absolute atomic E-state index is 0.375. The van der Waals surface area contributed by atoms with Crippen LogP contribution in [0.3, 0.4) is 0 Å². The topological polar surface area (TPSA) is 35.2 Å². The fraction of sp³-hybridized carbons (Fsp3) is 0.455. The summed E-state index contributed by atoms with van der Waals surface area (Å²) in [7, 11) is 1.50. The molecule has 0 aliphatic rings. The van der Waals surface area contributed by atoms with Gasteiger partial charge in [0.15, 0.2) is 0 Å². The lowest BCUT2D eigenvalue weighted by Crippen LogP contribution is -2.40. The molecule has 0 saturated carbocycles. The van der Waals surface area contributed by atoms with Crippen LogP contribution in [0.15, 0.2) is 18.2 Å². The SMILES string of the molecule is COc1cc(C(C)(N)C(F)F)ccc1C. The Hall–Kier alpha value is -1.16. The molecular weight excluding hydrogens is 200 g/mol. The Morgan fingerprint density at radius 2 is 2.00 bits per heavy atom. The zero-order chi connectivity index (χ0) is 11.6. The van der Waals surface area contributed by atoms with Crippen molar-refractivity contribution in [3.63, 3.8) is 0 Å². The van der Waals surface area contributed by atoms with E-state index in [4.69, 9.17) is 10.5 Å². The van der Waals surface area contributed by atoms with Crippen molar-refractivity contribution in [2.45, 2.75) is 25.8 Å². The first-order valence-electron chi connectivity index (χ1n) is 4.61. The van der Waals surface area contributed by atoms with Gasteiger partial charge >= 0.3 is 0 Å². The van der Waals surface area contributed by atoms with Gasteiger partial charge in [0.05, 0.1) is 12.6 Å². The number of rotatable bonds is 3. The third-order valence-corrected chi connectivity index (χ3v) is 2.48. The minimum Gasteiger partial charge on any atom is -0.496 e. The van der Waals surface area contributed by atoms with Gasteiger partial charge in [0.1, 0.15) is 5.75 Å². The molecule has 2 nitrogen and oxygen atoms in total. The molecule has 0 amide bonds. The van der Waals surface area contributed by atoms with Gasteiger partial charge in [-0.05, 0) is 31.0 Å². The van der Waals surface area contributed by atoms with E-state index >= 15 is 0 Å². The lowest BCUT2D eigenvalue weighted by Gasteiger charge is -2.24. The van der Waals surface area contributed by atoms with E-state index in [1.54, 1.807) is 18.2 Å². The van der Waals surface area contributed by atoms with E-state index in [0.717, 1.165) is 5.56 Å². The molecule has 0 heterocycles. The van der Waals surface area contributed by atoms with Crippen molar-refractivity contribution in [2.24, 2.45) is 5.73 Å². The van der Waals surface area contributed by atoms with Gasteiger partial charge in [0, 0.05) is 0 Å². The Morgan fingerprint density at radius 1 is 1.40 bits per heavy atom. The average molecular weight is 215 g/mol. The van der Waals surface area contributed by atoms with Gasteiger partial charge in [-0.1, -0.05) is 12.1 Å². The molecule has 0 aliphatic carbocycles. The summed E-state index contributed by atoms with van der Waals surface area (Å²) in [4.78, 5) is 0. The predicted molar refractivity (Wildman–Crippen MR) is 55.3 cm³/mol. The number of methoxy groups -OCH3 is 1. The van der Waals surface area contributed by atoms with E-state index in [2.05, 4.69) is 0 Å². The summed E-state index contributed by atoms with van der Waals surface area (Å²) >= 11 is 0. The molecule has 0 aliphatic heterocycles. The molecule has 0 aromatic heterocycles. The first-order valence-corrected chi connectivity index (χ1v) is 4.61. The number of ether oxygens (including phenoxy) is 1. The number of halogens is 2. The van der Waals surface area contributed by atoms with E-state index in [0.29, 0.717) is 11.3 Å². The molecule has 84 valence electrons. The largest absolute Gasteiger partial charge is 0.496 e. The Kier molecular flexibility index (Phi) is 3.29. The zero-order valence-corrected chi connectivity index (χ0v) is 9.05. The van der Waals surface area contributed by atoms with Gasteiger partial charge in [-0.2, -0.15) is 0 Å². The number of benzene rings is 1. The van der Waals surface area contributed by atoms with Gasteiger partial charge in [-0.3, -0.25) is 0 Å². The smallest absolute Gasteiger partial charge is 0.260 e. The Morgan fingerprint density at radius 3 is 2.47 bits per heavy atom. The van der Waals surface area contributed by atoms with Crippen molar-refractivity contribution in [3.05, 3.63) is 29.3 Å². The van der Waals surface area contributed by atoms with E-state index in [1.165, 1.54) is 14.0 Å². The van der Waals surface area contributed by atoms with Gasteiger partial charge in [-0.25, -0.2) is 8.78 Å². The molecule has 0 fully saturated rings. The fourth-order valence-electron chi connectivity index (χ4n) is 1.28. The molecule has 1 rings (SSSR count). The van der Waals surface area contributed by atoms with Crippen molar-refractivity contribution < 1.29 is 13.5 Å². The molecule has 15 heavy (non-hydrogen) atoms. The number of aryl methyl sites for hydroxylation is 1. The van der Waals surface area contributed by atoms with E-state index in [-0.39, 0.29) is 0 Å². The van der Waals surface area contributed by atoms with Crippen LogP contribution < -0.4 is 10.5 Å². The van der Waals surface area contributed by atoms with Crippen LogP contribution in [0.5, 0.6) is 5.75 Å². The summed E-state index contributed by atoms with van der Waals surface area (Å²) in [5.74, 6) is 0.574. The van der Waals surface area contributed by atoms with Crippen LogP contribution in [0.2, 0.25) is 0 Å². The lowest BCUT2D eigenvalue weighted by atomic mass is 9.92. The summed E-state index contributed by atoms with van der Waals surface area (Å²) in [5, 5.41) is 0. The van der Waals surface area contributed by atoms with Crippen molar-refractivity contribution in [1.29, 1.82) is 0 Å². The summed E-state index contributed by atoms with van der Waals surface area (Å²) < 4.78 is 30.4. The maximum absolute atomic E-state index is 12.7. The molecule has 1 unspecified atom stereocenters. The number of hydrogen-bond donors (Lipinski definition) is 1. The van der Waals surface area contributed by atoms with Gasteiger partial charge in [-0.15, -0.1) is 0 Å². The minimum atomic E-state index is -2.61. The zero-order valence-electron chi connectivity index (χ0n) is 9.05. The second-order valence-electron chi connectivity index (χ2n) is 3.77. The quantitative estimate of drug-likeness (QED) is 0.840. The van der Waals surface area contributed by atoms with E-state index < -0.39 is 12.0 Å². The van der Waals surface area contributed by atoms with Crippen molar-refractivity contribution in [3.8, 4) is 5.75 Å². The molecule has 4 heteroatoms. The van der Waals surface area contributed by atoms with Crippen molar-refractivity contribution in [2.75, 3.05) is 7.11 Å². The van der Waals surface area contributed by atoms with Crippen LogP contribution in [-0.2, 0) is 5.54 Å². The molecule has 0 radical (unpaired) electrons. The highest BCUT2D eigenvalue weighted by molar-refractivity contribution is 5.39. The standard InChI is InChI=1S/C11H15F2NO/c1-7-4-5-8(6-9(7)15-3)11(2,14)10(12)13/h4-6,10H,14H2,1-3H3. The Bertz CT molecular complexity index is 350. The van der Waals surface area contributed by atoms with Gasteiger partial charge in [0.2, 0.25) is 0 Å². The summed E-state index contributed by atoms with van der Waals surface area (Å²) in [5.41, 5.74) is 5.18. The monoisotopic (exact) mass is 215 g/mol. The van der Waals surface area contributed by atoms with Crippen LogP contribution in [0, 0.1) is 6.92 Å². The molecule has 1 atom stereocenters. The number of alkyl halides is 2. The molecule has 1 aromatic carbocycles. The average Bonchev–Trinajstić information content (AvgIpc) is 2.18. The molecule has 0 spiro atoms. The highest BCUT2D eigenvalue weighted by Gasteiger charge is 2.32. The van der Waals surface area contributed by atoms with E-state index in [9.17, 15) is 8.78 Å². The highest BCUT2D eigenvalue weighted by Crippen LogP contribution is 2.29. The fourth-order valence-corrected chi connectivity index (χ4v) is 1.28. The van der Waals surface area contributed by atoms with Crippen LogP contribution in [0.25, 0.3) is 0 Å². The highest BCUT2D eigenvalue weighted by atomic mass is 19.3. The summed E-state index contributed by atoms with van der Waals surface area (Å²) in [6, 6.07) is 4.88. The third-order valence-electron chi connectivity index (χ3n) is 2.48. The first-order chi connectivity index (χ1) is 6.89. The van der Waals surface area contributed by atoms with Crippen LogP contribution in [0.1, 0.15) is 18.1 Å². The molecule has 1 aromatic rings. The van der Waals surface area contributed by atoms with Crippen molar-refractivity contribution in [1.82, 2.24) is 0 Å². The third kappa shape index (κ3) is 2.26. The van der Waals surface area contributed by atoms with Gasteiger partial charge in [0.25, 0.3) is 6.43 Å².